The van der Waals surface area contributed by atoms with E-state index in [0.717, 1.165) is 19.4 Å². The Kier molecular flexibility index (Phi) is 4.41. The fourth-order valence-electron chi connectivity index (χ4n) is 1.89. The van der Waals surface area contributed by atoms with Gasteiger partial charge in [-0.1, -0.05) is 6.07 Å². The summed E-state index contributed by atoms with van der Waals surface area (Å²) >= 11 is 0. The Hall–Kier alpha value is -1.75. The molecule has 1 aromatic rings. The van der Waals surface area contributed by atoms with Crippen LogP contribution in [0.3, 0.4) is 0 Å². The molecule has 0 saturated carbocycles. The number of amides is 2. The second kappa shape index (κ2) is 6.26. The van der Waals surface area contributed by atoms with Crippen LogP contribution < -0.4 is 15.4 Å². The molecule has 0 aromatic heterocycles. The molecule has 1 fully saturated rings. The van der Waals surface area contributed by atoms with Gasteiger partial charge in [0.1, 0.15) is 5.75 Å². The Labute approximate surface area is 106 Å². The van der Waals surface area contributed by atoms with Crippen molar-refractivity contribution in [2.45, 2.75) is 18.9 Å². The molecule has 0 aliphatic carbocycles. The molecule has 98 valence electrons. The summed E-state index contributed by atoms with van der Waals surface area (Å²) in [6.45, 7) is 1.35. The quantitative estimate of drug-likeness (QED) is 0.859. The number of hydrogen-bond acceptors (Lipinski definition) is 3. The third-order valence-corrected chi connectivity index (χ3v) is 2.84. The van der Waals surface area contributed by atoms with Gasteiger partial charge in [0.15, 0.2) is 0 Å². The number of methoxy groups -OCH3 is 1. The summed E-state index contributed by atoms with van der Waals surface area (Å²) in [7, 11) is 1.59. The average Bonchev–Trinajstić information content (AvgIpc) is 2.90. The molecule has 1 saturated heterocycles. The Morgan fingerprint density at radius 2 is 2.44 bits per heavy atom. The van der Waals surface area contributed by atoms with Crippen molar-refractivity contribution in [2.24, 2.45) is 0 Å². The molecule has 1 aliphatic heterocycles. The van der Waals surface area contributed by atoms with Gasteiger partial charge in [0, 0.05) is 24.9 Å². The number of nitrogens with one attached hydrogen (secondary N) is 2. The number of ether oxygens (including phenoxy) is 2. The number of benzene rings is 1. The summed E-state index contributed by atoms with van der Waals surface area (Å²) in [5, 5.41) is 5.55. The summed E-state index contributed by atoms with van der Waals surface area (Å²) in [6, 6.07) is 7.02. The van der Waals surface area contributed by atoms with Gasteiger partial charge in [-0.15, -0.1) is 0 Å². The second-order valence-corrected chi connectivity index (χ2v) is 4.20. The lowest BCUT2D eigenvalue weighted by Gasteiger charge is -2.12. The summed E-state index contributed by atoms with van der Waals surface area (Å²) < 4.78 is 10.5. The highest BCUT2D eigenvalue weighted by Gasteiger charge is 2.15. The number of hydrogen-bond donors (Lipinski definition) is 2. The molecule has 5 nitrogen and oxygen atoms in total. The first kappa shape index (κ1) is 12.7. The van der Waals surface area contributed by atoms with Crippen molar-refractivity contribution in [3.8, 4) is 5.75 Å². The lowest BCUT2D eigenvalue weighted by atomic mass is 10.2. The fourth-order valence-corrected chi connectivity index (χ4v) is 1.89. The summed E-state index contributed by atoms with van der Waals surface area (Å²) in [5.41, 5.74) is 0.708. The molecule has 2 N–H and O–H groups in total. The monoisotopic (exact) mass is 250 g/mol. The first-order valence-electron chi connectivity index (χ1n) is 6.08. The third-order valence-electron chi connectivity index (χ3n) is 2.84. The number of rotatable bonds is 4. The molecule has 0 radical (unpaired) electrons. The largest absolute Gasteiger partial charge is 0.497 e. The van der Waals surface area contributed by atoms with Crippen molar-refractivity contribution in [1.82, 2.24) is 5.32 Å². The van der Waals surface area contributed by atoms with Gasteiger partial charge in [0.25, 0.3) is 0 Å². The van der Waals surface area contributed by atoms with E-state index < -0.39 is 0 Å². The van der Waals surface area contributed by atoms with Gasteiger partial charge in [-0.25, -0.2) is 4.79 Å². The highest BCUT2D eigenvalue weighted by molar-refractivity contribution is 5.89. The van der Waals surface area contributed by atoms with Gasteiger partial charge in [-0.2, -0.15) is 0 Å². The zero-order chi connectivity index (χ0) is 12.8. The molecule has 1 aliphatic rings. The van der Waals surface area contributed by atoms with E-state index in [0.29, 0.717) is 18.0 Å². The predicted molar refractivity (Wildman–Crippen MR) is 69.0 cm³/mol. The van der Waals surface area contributed by atoms with Crippen LogP contribution in [0, 0.1) is 0 Å². The molecule has 0 bridgehead atoms. The minimum atomic E-state index is -0.223. The Bertz CT molecular complexity index is 403. The van der Waals surface area contributed by atoms with E-state index in [2.05, 4.69) is 10.6 Å². The van der Waals surface area contributed by atoms with Crippen LogP contribution in [-0.2, 0) is 4.74 Å². The van der Waals surface area contributed by atoms with Crippen LogP contribution in [0.5, 0.6) is 5.75 Å². The van der Waals surface area contributed by atoms with E-state index in [4.69, 9.17) is 9.47 Å². The van der Waals surface area contributed by atoms with E-state index in [9.17, 15) is 4.79 Å². The third kappa shape index (κ3) is 3.63. The summed E-state index contributed by atoms with van der Waals surface area (Å²) in [6.07, 6.45) is 2.24. The standard InChI is InChI=1S/C13H18N2O3/c1-17-11-5-2-4-10(8-11)15-13(16)14-9-12-6-3-7-18-12/h2,4-5,8,12H,3,6-7,9H2,1H3,(H2,14,15,16)/t12-/m0/s1. The fraction of sp³-hybridized carbons (Fsp3) is 0.462. The first-order chi connectivity index (χ1) is 8.78. The maximum absolute atomic E-state index is 11.7. The second-order valence-electron chi connectivity index (χ2n) is 4.20. The van der Waals surface area contributed by atoms with Gasteiger partial charge in [0.05, 0.1) is 13.2 Å². The molecular weight excluding hydrogens is 232 g/mol. The van der Waals surface area contributed by atoms with E-state index >= 15 is 0 Å². The van der Waals surface area contributed by atoms with Gasteiger partial charge in [-0.05, 0) is 25.0 Å². The lowest BCUT2D eigenvalue weighted by molar-refractivity contribution is 0.112. The normalized spacial score (nSPS) is 18.4. The van der Waals surface area contributed by atoms with Crippen molar-refractivity contribution in [3.05, 3.63) is 24.3 Å². The first-order valence-corrected chi connectivity index (χ1v) is 6.08. The topological polar surface area (TPSA) is 59.6 Å². The van der Waals surface area contributed by atoms with Gasteiger partial charge < -0.3 is 20.1 Å². The highest BCUT2D eigenvalue weighted by atomic mass is 16.5. The SMILES string of the molecule is COc1cccc(NC(=O)NC[C@@H]2CCCO2)c1. The Balaban J connectivity index is 1.78. The Morgan fingerprint density at radius 1 is 1.56 bits per heavy atom. The van der Waals surface area contributed by atoms with Crippen LogP contribution in [0.1, 0.15) is 12.8 Å². The molecule has 18 heavy (non-hydrogen) atoms. The number of carbonyl (C=O) groups is 1. The highest BCUT2D eigenvalue weighted by Crippen LogP contribution is 2.16. The van der Waals surface area contributed by atoms with Crippen molar-refractivity contribution >= 4 is 11.7 Å². The molecule has 2 amide bonds. The molecular formula is C13H18N2O3. The zero-order valence-electron chi connectivity index (χ0n) is 10.4. The molecule has 2 rings (SSSR count). The predicted octanol–water partition coefficient (Wildman–Crippen LogP) is 2.00. The van der Waals surface area contributed by atoms with Crippen LogP contribution in [0.15, 0.2) is 24.3 Å². The van der Waals surface area contributed by atoms with Crippen LogP contribution in [0.4, 0.5) is 10.5 Å². The molecule has 1 aromatic carbocycles. The maximum atomic E-state index is 11.7. The van der Waals surface area contributed by atoms with Crippen LogP contribution in [0.25, 0.3) is 0 Å². The van der Waals surface area contributed by atoms with Crippen molar-refractivity contribution in [1.29, 1.82) is 0 Å². The van der Waals surface area contributed by atoms with Crippen LogP contribution in [-0.4, -0.2) is 32.4 Å². The van der Waals surface area contributed by atoms with E-state index in [-0.39, 0.29) is 12.1 Å². The maximum Gasteiger partial charge on any atom is 0.319 e. The summed E-state index contributed by atoms with van der Waals surface area (Å²) in [4.78, 5) is 11.7. The van der Waals surface area contributed by atoms with E-state index in [1.54, 1.807) is 13.2 Å². The minimum Gasteiger partial charge on any atom is -0.497 e. The van der Waals surface area contributed by atoms with Crippen LogP contribution >= 0.6 is 0 Å². The molecule has 0 spiro atoms. The minimum absolute atomic E-state index is 0.154. The van der Waals surface area contributed by atoms with Crippen molar-refractivity contribution in [3.63, 3.8) is 0 Å². The molecule has 5 heteroatoms. The molecule has 1 heterocycles. The number of carbonyl (C=O) groups excluding carboxylic acids is 1. The molecule has 0 unspecified atom stereocenters. The summed E-state index contributed by atoms with van der Waals surface area (Å²) in [5.74, 6) is 0.715. The molecule has 1 atom stereocenters. The van der Waals surface area contributed by atoms with E-state index in [1.807, 2.05) is 18.2 Å². The van der Waals surface area contributed by atoms with Gasteiger partial charge >= 0.3 is 6.03 Å². The number of anilines is 1. The van der Waals surface area contributed by atoms with Gasteiger partial charge in [0.2, 0.25) is 0 Å². The van der Waals surface area contributed by atoms with E-state index in [1.165, 1.54) is 0 Å². The zero-order valence-corrected chi connectivity index (χ0v) is 10.4. The lowest BCUT2D eigenvalue weighted by Crippen LogP contribution is -2.35. The van der Waals surface area contributed by atoms with Crippen molar-refractivity contribution < 1.29 is 14.3 Å². The smallest absolute Gasteiger partial charge is 0.319 e. The Morgan fingerprint density at radius 3 is 3.17 bits per heavy atom. The average molecular weight is 250 g/mol. The van der Waals surface area contributed by atoms with Gasteiger partial charge in [-0.3, -0.25) is 0 Å². The van der Waals surface area contributed by atoms with Crippen molar-refractivity contribution in [2.75, 3.05) is 25.6 Å². The number of urea groups is 1. The van der Waals surface area contributed by atoms with Crippen LogP contribution in [0.2, 0.25) is 0 Å².